The summed E-state index contributed by atoms with van der Waals surface area (Å²) in [5.41, 5.74) is -1.17. The first kappa shape index (κ1) is 24.2. The zero-order valence-electron chi connectivity index (χ0n) is 16.5. The van der Waals surface area contributed by atoms with Gasteiger partial charge in [0.1, 0.15) is 5.69 Å². The van der Waals surface area contributed by atoms with Crippen molar-refractivity contribution in [3.05, 3.63) is 104 Å². The predicted octanol–water partition coefficient (Wildman–Crippen LogP) is 6.25. The lowest BCUT2D eigenvalue weighted by Crippen LogP contribution is -2.25. The molecule has 12 heteroatoms. The molecule has 0 aliphatic heterocycles. The number of nitrogens with one attached hydrogen (secondary N) is 1. The van der Waals surface area contributed by atoms with E-state index in [1.807, 2.05) is 0 Å². The maximum Gasteiger partial charge on any atom is 0.359 e. The molecule has 0 amide bonds. The number of ether oxygens (including phenoxy) is 1. The van der Waals surface area contributed by atoms with Gasteiger partial charge in [0.2, 0.25) is 0 Å². The number of alkyl halides is 3. The van der Waals surface area contributed by atoms with Crippen molar-refractivity contribution >= 4 is 63.5 Å². The second-order valence-corrected chi connectivity index (χ2v) is 8.87. The molecule has 0 saturated heterocycles. The van der Waals surface area contributed by atoms with E-state index < -0.39 is 42.7 Å². The Hall–Kier alpha value is -3.40. The predicted molar refractivity (Wildman–Crippen MR) is 124 cm³/mol. The molecular formula is C21H14Cl3N3O6. The van der Waals surface area contributed by atoms with Crippen molar-refractivity contribution in [2.45, 2.75) is 9.90 Å². The summed E-state index contributed by atoms with van der Waals surface area (Å²) in [4.78, 5) is 34.8. The Morgan fingerprint density at radius 3 is 1.97 bits per heavy atom. The third-order valence-electron chi connectivity index (χ3n) is 4.45. The summed E-state index contributed by atoms with van der Waals surface area (Å²) in [5, 5.41) is 26.8. The first-order chi connectivity index (χ1) is 15.6. The van der Waals surface area contributed by atoms with Crippen LogP contribution in [0, 0.1) is 20.2 Å². The van der Waals surface area contributed by atoms with E-state index in [0.29, 0.717) is 5.69 Å². The summed E-state index contributed by atoms with van der Waals surface area (Å²) < 4.78 is 2.79. The Morgan fingerprint density at radius 2 is 1.45 bits per heavy atom. The van der Waals surface area contributed by atoms with Gasteiger partial charge in [-0.2, -0.15) is 0 Å². The highest BCUT2D eigenvalue weighted by molar-refractivity contribution is 6.75. The SMILES string of the molecule is O=C(OC(c1ccccc1)c1c([N+](=O)[O-])ccc(Nc2ccccc2)c1[N+](=O)[O-])C(Cl)(Cl)Cl. The lowest BCUT2D eigenvalue weighted by Gasteiger charge is -2.22. The molecule has 3 rings (SSSR count). The molecule has 0 bridgehead atoms. The normalized spacial score (nSPS) is 12.0. The molecule has 170 valence electrons. The maximum atomic E-state index is 12.4. The van der Waals surface area contributed by atoms with Crippen molar-refractivity contribution in [1.82, 2.24) is 0 Å². The summed E-state index contributed by atoms with van der Waals surface area (Å²) in [7, 11) is 0. The van der Waals surface area contributed by atoms with Crippen molar-refractivity contribution in [1.29, 1.82) is 0 Å². The molecule has 0 aliphatic carbocycles. The molecule has 0 aromatic heterocycles. The van der Waals surface area contributed by atoms with Crippen molar-refractivity contribution in [3.8, 4) is 0 Å². The summed E-state index contributed by atoms with van der Waals surface area (Å²) in [6.45, 7) is 0. The molecule has 1 N–H and O–H groups in total. The Kier molecular flexibility index (Phi) is 7.37. The lowest BCUT2D eigenvalue weighted by atomic mass is 9.96. The first-order valence-electron chi connectivity index (χ1n) is 9.20. The van der Waals surface area contributed by atoms with Crippen LogP contribution in [0.2, 0.25) is 0 Å². The van der Waals surface area contributed by atoms with E-state index in [1.165, 1.54) is 18.2 Å². The highest BCUT2D eigenvalue weighted by atomic mass is 35.6. The van der Waals surface area contributed by atoms with E-state index >= 15 is 0 Å². The third kappa shape index (κ3) is 5.70. The molecular weight excluding hydrogens is 497 g/mol. The van der Waals surface area contributed by atoms with Crippen LogP contribution in [-0.4, -0.2) is 19.6 Å². The third-order valence-corrected chi connectivity index (χ3v) is 4.91. The number of carbonyl (C=O) groups excluding carboxylic acids is 1. The van der Waals surface area contributed by atoms with Gasteiger partial charge in [-0.15, -0.1) is 0 Å². The number of anilines is 2. The lowest BCUT2D eigenvalue weighted by molar-refractivity contribution is -0.395. The molecule has 0 spiro atoms. The molecule has 9 nitrogen and oxygen atoms in total. The van der Waals surface area contributed by atoms with E-state index in [9.17, 15) is 25.0 Å². The van der Waals surface area contributed by atoms with Crippen LogP contribution in [0.1, 0.15) is 17.2 Å². The quantitative estimate of drug-likeness (QED) is 0.172. The number of nitro benzene ring substituents is 2. The van der Waals surface area contributed by atoms with E-state index in [-0.39, 0.29) is 11.3 Å². The summed E-state index contributed by atoms with van der Waals surface area (Å²) in [5.74, 6) is -1.36. The number of hydrogen-bond donors (Lipinski definition) is 1. The summed E-state index contributed by atoms with van der Waals surface area (Å²) >= 11 is 16.9. The van der Waals surface area contributed by atoms with Gasteiger partial charge in [-0.25, -0.2) is 4.79 Å². The van der Waals surface area contributed by atoms with Crippen LogP contribution >= 0.6 is 34.8 Å². The van der Waals surface area contributed by atoms with Crippen LogP contribution in [0.4, 0.5) is 22.7 Å². The minimum absolute atomic E-state index is 0.0577. The smallest absolute Gasteiger partial charge is 0.359 e. The van der Waals surface area contributed by atoms with E-state index in [0.717, 1.165) is 6.07 Å². The number of nitro groups is 2. The van der Waals surface area contributed by atoms with Crippen LogP contribution in [-0.2, 0) is 9.53 Å². The van der Waals surface area contributed by atoms with Gasteiger partial charge in [0.05, 0.1) is 9.85 Å². The molecule has 0 aliphatic rings. The Morgan fingerprint density at radius 1 is 0.879 bits per heavy atom. The fourth-order valence-corrected chi connectivity index (χ4v) is 3.22. The minimum atomic E-state index is -2.52. The molecule has 3 aromatic carbocycles. The number of esters is 1. The highest BCUT2D eigenvalue weighted by Gasteiger charge is 2.41. The van der Waals surface area contributed by atoms with Crippen molar-refractivity contribution in [3.63, 3.8) is 0 Å². The van der Waals surface area contributed by atoms with Crippen LogP contribution in [0.3, 0.4) is 0 Å². The Bertz CT molecular complexity index is 1190. The first-order valence-corrected chi connectivity index (χ1v) is 10.3. The number of nitrogens with zero attached hydrogens (tertiary/aromatic N) is 2. The van der Waals surface area contributed by atoms with Gasteiger partial charge in [0.25, 0.3) is 9.48 Å². The number of para-hydroxylation sites is 1. The van der Waals surface area contributed by atoms with Gasteiger partial charge < -0.3 is 10.1 Å². The van der Waals surface area contributed by atoms with E-state index in [1.54, 1.807) is 48.5 Å². The Labute approximate surface area is 202 Å². The number of halogens is 3. The minimum Gasteiger partial charge on any atom is -0.449 e. The standard InChI is InChI=1S/C21H14Cl3N3O6/c22-21(23,24)20(28)33-19(13-7-3-1-4-8-13)17-16(26(29)30)12-11-15(18(17)27(31)32)25-14-9-5-2-6-10-14/h1-12,19,25H. The van der Waals surface area contributed by atoms with Crippen molar-refractivity contribution in [2.24, 2.45) is 0 Å². The number of benzene rings is 3. The fraction of sp³-hybridized carbons (Fsp3) is 0.0952. The van der Waals surface area contributed by atoms with Gasteiger partial charge in [-0.1, -0.05) is 83.3 Å². The van der Waals surface area contributed by atoms with E-state index in [4.69, 9.17) is 39.5 Å². The average molecular weight is 511 g/mol. The monoisotopic (exact) mass is 509 g/mol. The second-order valence-electron chi connectivity index (χ2n) is 6.59. The number of carbonyl (C=O) groups is 1. The van der Waals surface area contributed by atoms with Gasteiger partial charge in [0, 0.05) is 11.8 Å². The molecule has 3 aromatic rings. The van der Waals surface area contributed by atoms with Gasteiger partial charge in [-0.05, 0) is 23.8 Å². The molecule has 33 heavy (non-hydrogen) atoms. The molecule has 0 fully saturated rings. The molecule has 0 radical (unpaired) electrons. The largest absolute Gasteiger partial charge is 0.449 e. The van der Waals surface area contributed by atoms with E-state index in [2.05, 4.69) is 5.32 Å². The van der Waals surface area contributed by atoms with Crippen molar-refractivity contribution < 1.29 is 19.4 Å². The zero-order valence-corrected chi connectivity index (χ0v) is 18.8. The second kappa shape index (κ2) is 10.0. The topological polar surface area (TPSA) is 125 Å². The van der Waals surface area contributed by atoms with Crippen LogP contribution in [0.5, 0.6) is 0 Å². The molecule has 1 atom stereocenters. The molecule has 0 heterocycles. The van der Waals surface area contributed by atoms with Crippen LogP contribution in [0.15, 0.2) is 72.8 Å². The van der Waals surface area contributed by atoms with Gasteiger partial charge >= 0.3 is 11.7 Å². The number of hydrogen-bond acceptors (Lipinski definition) is 7. The van der Waals surface area contributed by atoms with Gasteiger partial charge in [0.15, 0.2) is 11.7 Å². The zero-order chi connectivity index (χ0) is 24.2. The van der Waals surface area contributed by atoms with Crippen molar-refractivity contribution in [2.75, 3.05) is 5.32 Å². The summed E-state index contributed by atoms with van der Waals surface area (Å²) in [6, 6.07) is 18.5. The molecule has 0 saturated carbocycles. The molecule has 1 unspecified atom stereocenters. The van der Waals surface area contributed by atoms with Crippen LogP contribution < -0.4 is 5.32 Å². The Balaban J connectivity index is 2.28. The summed E-state index contributed by atoms with van der Waals surface area (Å²) in [6.07, 6.45) is -1.62. The fourth-order valence-electron chi connectivity index (χ4n) is 3.08. The van der Waals surface area contributed by atoms with Gasteiger partial charge in [-0.3, -0.25) is 20.2 Å². The van der Waals surface area contributed by atoms with Crippen LogP contribution in [0.25, 0.3) is 0 Å². The maximum absolute atomic E-state index is 12.4. The average Bonchev–Trinajstić information content (AvgIpc) is 2.77. The highest BCUT2D eigenvalue weighted by Crippen LogP contribution is 2.45. The number of rotatable bonds is 7.